The Hall–Kier alpha value is -2.34. The SMILES string of the molecule is CCCNC(=O)[C@@H](C)N(Cc1cccc(C)c1)C(=O)COc1ccc(C(C)C)cc1Br. The Morgan fingerprint density at radius 2 is 1.87 bits per heavy atom. The summed E-state index contributed by atoms with van der Waals surface area (Å²) in [6, 6.07) is 13.2. The van der Waals surface area contributed by atoms with Gasteiger partial charge in [0.15, 0.2) is 6.61 Å². The van der Waals surface area contributed by atoms with Crippen LogP contribution in [0.3, 0.4) is 0 Å². The van der Waals surface area contributed by atoms with Crippen molar-refractivity contribution in [2.24, 2.45) is 0 Å². The molecule has 1 atom stereocenters. The number of hydrogen-bond acceptors (Lipinski definition) is 3. The molecule has 0 aliphatic heterocycles. The number of hydrogen-bond donors (Lipinski definition) is 1. The van der Waals surface area contributed by atoms with E-state index in [0.717, 1.165) is 22.0 Å². The molecular weight excluding hydrogens is 456 g/mol. The molecule has 0 spiro atoms. The lowest BCUT2D eigenvalue weighted by Crippen LogP contribution is -2.49. The van der Waals surface area contributed by atoms with Gasteiger partial charge < -0.3 is 15.0 Å². The minimum atomic E-state index is -0.602. The van der Waals surface area contributed by atoms with Crippen LogP contribution >= 0.6 is 15.9 Å². The number of ether oxygens (including phenoxy) is 1. The fourth-order valence-corrected chi connectivity index (χ4v) is 3.71. The first kappa shape index (κ1) is 24.9. The average Bonchev–Trinajstić information content (AvgIpc) is 2.74. The van der Waals surface area contributed by atoms with Crippen LogP contribution in [0.1, 0.15) is 56.7 Å². The Labute approximate surface area is 194 Å². The first-order valence-electron chi connectivity index (χ1n) is 10.8. The summed E-state index contributed by atoms with van der Waals surface area (Å²) in [4.78, 5) is 27.3. The molecule has 0 radical (unpaired) electrons. The lowest BCUT2D eigenvalue weighted by Gasteiger charge is -2.29. The van der Waals surface area contributed by atoms with Crippen LogP contribution in [0.2, 0.25) is 0 Å². The van der Waals surface area contributed by atoms with Gasteiger partial charge >= 0.3 is 0 Å². The fraction of sp³-hybridized carbons (Fsp3) is 0.440. The molecule has 0 fully saturated rings. The van der Waals surface area contributed by atoms with E-state index in [1.165, 1.54) is 5.56 Å². The molecule has 1 N–H and O–H groups in total. The van der Waals surface area contributed by atoms with Crippen LogP contribution in [0.15, 0.2) is 46.9 Å². The van der Waals surface area contributed by atoms with Gasteiger partial charge in [-0.3, -0.25) is 9.59 Å². The number of rotatable bonds is 10. The monoisotopic (exact) mass is 488 g/mol. The largest absolute Gasteiger partial charge is 0.483 e. The number of carbonyl (C=O) groups is 2. The van der Waals surface area contributed by atoms with Crippen LogP contribution in [0.25, 0.3) is 0 Å². The molecule has 2 amide bonds. The summed E-state index contributed by atoms with van der Waals surface area (Å²) in [5.74, 6) is 0.612. The molecule has 0 unspecified atom stereocenters. The number of amides is 2. The summed E-state index contributed by atoms with van der Waals surface area (Å²) in [6.45, 7) is 10.8. The van der Waals surface area contributed by atoms with E-state index in [9.17, 15) is 9.59 Å². The predicted octanol–water partition coefficient (Wildman–Crippen LogP) is 5.20. The summed E-state index contributed by atoms with van der Waals surface area (Å²) >= 11 is 3.53. The zero-order valence-corrected chi connectivity index (χ0v) is 20.7. The Morgan fingerprint density at radius 3 is 2.48 bits per heavy atom. The average molecular weight is 489 g/mol. The van der Waals surface area contributed by atoms with Gasteiger partial charge in [0.2, 0.25) is 5.91 Å². The molecule has 31 heavy (non-hydrogen) atoms. The minimum absolute atomic E-state index is 0.142. The number of benzene rings is 2. The number of nitrogens with one attached hydrogen (secondary N) is 1. The first-order chi connectivity index (χ1) is 14.7. The van der Waals surface area contributed by atoms with Gasteiger partial charge in [0.05, 0.1) is 4.47 Å². The van der Waals surface area contributed by atoms with Crippen molar-refractivity contribution >= 4 is 27.7 Å². The number of nitrogens with zero attached hydrogens (tertiary/aromatic N) is 1. The molecule has 5 nitrogen and oxygen atoms in total. The third kappa shape index (κ3) is 7.39. The van der Waals surface area contributed by atoms with Crippen molar-refractivity contribution in [2.75, 3.05) is 13.2 Å². The van der Waals surface area contributed by atoms with Gasteiger partial charge in [-0.15, -0.1) is 0 Å². The van der Waals surface area contributed by atoms with Crippen LogP contribution in [-0.2, 0) is 16.1 Å². The molecular formula is C25H33BrN2O3. The zero-order chi connectivity index (χ0) is 23.0. The van der Waals surface area contributed by atoms with Crippen LogP contribution in [0.5, 0.6) is 5.75 Å². The maximum atomic E-state index is 13.1. The molecule has 0 heterocycles. The van der Waals surface area contributed by atoms with E-state index < -0.39 is 6.04 Å². The molecule has 0 saturated carbocycles. The van der Waals surface area contributed by atoms with Crippen LogP contribution < -0.4 is 10.1 Å². The highest BCUT2D eigenvalue weighted by Gasteiger charge is 2.26. The van der Waals surface area contributed by atoms with Gasteiger partial charge in [-0.05, 0) is 65.4 Å². The van der Waals surface area contributed by atoms with E-state index in [1.807, 2.05) is 56.3 Å². The topological polar surface area (TPSA) is 58.6 Å². The van der Waals surface area contributed by atoms with Gasteiger partial charge in [0.1, 0.15) is 11.8 Å². The third-order valence-corrected chi connectivity index (χ3v) is 5.75. The van der Waals surface area contributed by atoms with E-state index in [0.29, 0.717) is 24.8 Å². The normalized spacial score (nSPS) is 11.8. The van der Waals surface area contributed by atoms with E-state index >= 15 is 0 Å². The van der Waals surface area contributed by atoms with Crippen LogP contribution in [0, 0.1) is 6.92 Å². The van der Waals surface area contributed by atoms with Crippen LogP contribution in [-0.4, -0.2) is 35.9 Å². The van der Waals surface area contributed by atoms with Gasteiger partial charge in [-0.2, -0.15) is 0 Å². The summed E-state index contributed by atoms with van der Waals surface area (Å²) in [7, 11) is 0. The molecule has 0 aliphatic rings. The van der Waals surface area contributed by atoms with E-state index in [-0.39, 0.29) is 18.4 Å². The smallest absolute Gasteiger partial charge is 0.261 e. The minimum Gasteiger partial charge on any atom is -0.483 e. The lowest BCUT2D eigenvalue weighted by molar-refractivity contribution is -0.142. The summed E-state index contributed by atoms with van der Waals surface area (Å²) in [5.41, 5.74) is 3.28. The lowest BCUT2D eigenvalue weighted by atomic mass is 10.0. The summed E-state index contributed by atoms with van der Waals surface area (Å²) in [6.07, 6.45) is 0.841. The van der Waals surface area contributed by atoms with Crippen molar-refractivity contribution < 1.29 is 14.3 Å². The number of halogens is 1. The second-order valence-corrected chi connectivity index (χ2v) is 8.97. The Bertz CT molecular complexity index is 898. The standard InChI is InChI=1S/C25H33BrN2O3/c1-6-12-27-25(30)19(5)28(15-20-9-7-8-18(4)13-20)24(29)16-31-23-11-10-21(17(2)3)14-22(23)26/h7-11,13-14,17,19H,6,12,15-16H2,1-5H3,(H,27,30)/t19-/m1/s1. The molecule has 2 rings (SSSR count). The first-order valence-corrected chi connectivity index (χ1v) is 11.6. The molecule has 0 aliphatic carbocycles. The highest BCUT2D eigenvalue weighted by atomic mass is 79.9. The Balaban J connectivity index is 2.16. The van der Waals surface area contributed by atoms with E-state index in [4.69, 9.17) is 4.74 Å². The number of aryl methyl sites for hydroxylation is 1. The second-order valence-electron chi connectivity index (χ2n) is 8.11. The van der Waals surface area contributed by atoms with Gasteiger partial charge in [-0.1, -0.05) is 56.7 Å². The van der Waals surface area contributed by atoms with Crippen molar-refractivity contribution in [3.63, 3.8) is 0 Å². The van der Waals surface area contributed by atoms with Gasteiger partial charge in [0.25, 0.3) is 5.91 Å². The summed E-state index contributed by atoms with van der Waals surface area (Å²) in [5, 5.41) is 2.88. The molecule has 2 aromatic rings. The molecule has 0 aromatic heterocycles. The van der Waals surface area contributed by atoms with Gasteiger partial charge in [-0.25, -0.2) is 0 Å². The maximum Gasteiger partial charge on any atom is 0.261 e. The number of carbonyl (C=O) groups excluding carboxylic acids is 2. The van der Waals surface area contributed by atoms with E-state index in [2.05, 4.69) is 35.1 Å². The molecule has 168 valence electrons. The van der Waals surface area contributed by atoms with Crippen molar-refractivity contribution in [3.8, 4) is 5.75 Å². The predicted molar refractivity (Wildman–Crippen MR) is 128 cm³/mol. The quantitative estimate of drug-likeness (QED) is 0.499. The van der Waals surface area contributed by atoms with Crippen molar-refractivity contribution in [3.05, 3.63) is 63.6 Å². The highest BCUT2D eigenvalue weighted by Crippen LogP contribution is 2.29. The van der Waals surface area contributed by atoms with Crippen molar-refractivity contribution in [2.45, 2.75) is 59.5 Å². The zero-order valence-electron chi connectivity index (χ0n) is 19.1. The van der Waals surface area contributed by atoms with E-state index in [1.54, 1.807) is 11.8 Å². The Morgan fingerprint density at radius 1 is 1.13 bits per heavy atom. The van der Waals surface area contributed by atoms with Gasteiger partial charge in [0, 0.05) is 13.1 Å². The molecule has 6 heteroatoms. The molecule has 2 aromatic carbocycles. The van der Waals surface area contributed by atoms with Crippen LogP contribution in [0.4, 0.5) is 0 Å². The second kappa shape index (κ2) is 11.9. The Kier molecular flexibility index (Phi) is 9.56. The van der Waals surface area contributed by atoms with Crippen molar-refractivity contribution in [1.82, 2.24) is 10.2 Å². The third-order valence-electron chi connectivity index (χ3n) is 5.13. The van der Waals surface area contributed by atoms with Crippen molar-refractivity contribution in [1.29, 1.82) is 0 Å². The molecule has 0 bridgehead atoms. The molecule has 0 saturated heterocycles. The summed E-state index contributed by atoms with van der Waals surface area (Å²) < 4.78 is 6.63. The highest BCUT2D eigenvalue weighted by molar-refractivity contribution is 9.10. The maximum absolute atomic E-state index is 13.1. The fourth-order valence-electron chi connectivity index (χ4n) is 3.20.